The van der Waals surface area contributed by atoms with Crippen LogP contribution in [0.1, 0.15) is 26.7 Å². The fourth-order valence-electron chi connectivity index (χ4n) is 1.67. The van der Waals surface area contributed by atoms with Crippen LogP contribution in [0.2, 0.25) is 0 Å². The predicted molar refractivity (Wildman–Crippen MR) is 71.9 cm³/mol. The molecule has 0 fully saturated rings. The molecule has 0 aliphatic heterocycles. The SMILES string of the molecule is CCCC(Nc1ccc(OC)cc1)C(=O)OCC. The van der Waals surface area contributed by atoms with Gasteiger partial charge in [-0.2, -0.15) is 0 Å². The molecule has 1 aromatic rings. The van der Waals surface area contributed by atoms with Gasteiger partial charge in [-0.3, -0.25) is 0 Å². The second kappa shape index (κ2) is 7.58. The number of hydrogen-bond acceptors (Lipinski definition) is 4. The number of rotatable bonds is 7. The van der Waals surface area contributed by atoms with E-state index in [0.29, 0.717) is 6.61 Å². The summed E-state index contributed by atoms with van der Waals surface area (Å²) in [4.78, 5) is 11.8. The number of carbonyl (C=O) groups excluding carboxylic acids is 1. The lowest BCUT2D eigenvalue weighted by Gasteiger charge is -2.17. The zero-order valence-corrected chi connectivity index (χ0v) is 11.2. The number of esters is 1. The van der Waals surface area contributed by atoms with E-state index in [0.717, 1.165) is 24.3 Å². The average molecular weight is 251 g/mol. The summed E-state index contributed by atoms with van der Waals surface area (Å²) in [6.45, 7) is 4.26. The summed E-state index contributed by atoms with van der Waals surface area (Å²) in [6, 6.07) is 7.21. The Morgan fingerprint density at radius 1 is 1.28 bits per heavy atom. The van der Waals surface area contributed by atoms with Crippen LogP contribution in [0.3, 0.4) is 0 Å². The van der Waals surface area contributed by atoms with Crippen molar-refractivity contribution in [1.82, 2.24) is 0 Å². The van der Waals surface area contributed by atoms with Gasteiger partial charge in [0.25, 0.3) is 0 Å². The van der Waals surface area contributed by atoms with Gasteiger partial charge in [0.1, 0.15) is 11.8 Å². The van der Waals surface area contributed by atoms with Crippen molar-refractivity contribution in [3.8, 4) is 5.75 Å². The summed E-state index contributed by atoms with van der Waals surface area (Å²) in [7, 11) is 1.63. The Morgan fingerprint density at radius 3 is 2.44 bits per heavy atom. The van der Waals surface area contributed by atoms with Crippen LogP contribution < -0.4 is 10.1 Å². The first-order valence-corrected chi connectivity index (χ1v) is 6.28. The standard InChI is InChI=1S/C14H21NO3/c1-4-6-13(14(16)18-5-2)15-11-7-9-12(17-3)10-8-11/h7-10,13,15H,4-6H2,1-3H3. The van der Waals surface area contributed by atoms with E-state index in [9.17, 15) is 4.79 Å². The number of ether oxygens (including phenoxy) is 2. The molecule has 1 N–H and O–H groups in total. The molecule has 0 saturated carbocycles. The third-order valence-corrected chi connectivity index (χ3v) is 2.58. The maximum atomic E-state index is 11.8. The Labute approximate surface area is 108 Å². The molecule has 0 saturated heterocycles. The number of hydrogen-bond donors (Lipinski definition) is 1. The third kappa shape index (κ3) is 4.28. The molecule has 0 amide bonds. The van der Waals surface area contributed by atoms with E-state index in [-0.39, 0.29) is 12.0 Å². The molecule has 100 valence electrons. The second-order valence-corrected chi connectivity index (χ2v) is 3.97. The lowest BCUT2D eigenvalue weighted by molar-refractivity contribution is -0.144. The van der Waals surface area contributed by atoms with Crippen LogP contribution in [0.15, 0.2) is 24.3 Å². The smallest absolute Gasteiger partial charge is 0.328 e. The fourth-order valence-corrected chi connectivity index (χ4v) is 1.67. The van der Waals surface area contributed by atoms with Crippen LogP contribution in [-0.4, -0.2) is 25.7 Å². The van der Waals surface area contributed by atoms with Gasteiger partial charge < -0.3 is 14.8 Å². The van der Waals surface area contributed by atoms with Crippen molar-refractivity contribution >= 4 is 11.7 Å². The number of methoxy groups -OCH3 is 1. The Morgan fingerprint density at radius 2 is 1.94 bits per heavy atom. The molecule has 0 aromatic heterocycles. The molecular formula is C14H21NO3. The molecule has 1 atom stereocenters. The van der Waals surface area contributed by atoms with Crippen molar-refractivity contribution in [2.24, 2.45) is 0 Å². The predicted octanol–water partition coefficient (Wildman–Crippen LogP) is 2.84. The Bertz CT molecular complexity index is 362. The molecule has 4 heteroatoms. The van der Waals surface area contributed by atoms with Gasteiger partial charge in [-0.05, 0) is 37.6 Å². The molecule has 1 unspecified atom stereocenters. The first-order chi connectivity index (χ1) is 8.71. The van der Waals surface area contributed by atoms with Crippen LogP contribution in [0.5, 0.6) is 5.75 Å². The molecular weight excluding hydrogens is 230 g/mol. The minimum absolute atomic E-state index is 0.199. The van der Waals surface area contributed by atoms with Gasteiger partial charge in [-0.25, -0.2) is 4.79 Å². The van der Waals surface area contributed by atoms with Crippen LogP contribution in [0.25, 0.3) is 0 Å². The highest BCUT2D eigenvalue weighted by Crippen LogP contribution is 2.17. The van der Waals surface area contributed by atoms with Crippen molar-refractivity contribution in [2.75, 3.05) is 19.0 Å². The van der Waals surface area contributed by atoms with E-state index >= 15 is 0 Å². The number of nitrogens with one attached hydrogen (secondary N) is 1. The summed E-state index contributed by atoms with van der Waals surface area (Å²) >= 11 is 0. The van der Waals surface area contributed by atoms with Crippen molar-refractivity contribution in [3.63, 3.8) is 0 Å². The average Bonchev–Trinajstić information content (AvgIpc) is 2.39. The van der Waals surface area contributed by atoms with Crippen molar-refractivity contribution in [1.29, 1.82) is 0 Å². The summed E-state index contributed by atoms with van der Waals surface area (Å²) in [5.74, 6) is 0.596. The summed E-state index contributed by atoms with van der Waals surface area (Å²) in [6.07, 6.45) is 1.68. The van der Waals surface area contributed by atoms with Gasteiger partial charge in [-0.1, -0.05) is 13.3 Å². The first-order valence-electron chi connectivity index (χ1n) is 6.28. The van der Waals surface area contributed by atoms with Crippen LogP contribution >= 0.6 is 0 Å². The van der Waals surface area contributed by atoms with Crippen LogP contribution in [0, 0.1) is 0 Å². The largest absolute Gasteiger partial charge is 0.497 e. The molecule has 0 radical (unpaired) electrons. The number of anilines is 1. The Balaban J connectivity index is 2.66. The van der Waals surface area contributed by atoms with E-state index in [2.05, 4.69) is 5.32 Å². The minimum atomic E-state index is -0.289. The topological polar surface area (TPSA) is 47.6 Å². The molecule has 0 aliphatic carbocycles. The number of carbonyl (C=O) groups is 1. The second-order valence-electron chi connectivity index (χ2n) is 3.97. The molecule has 0 aliphatic rings. The fraction of sp³-hybridized carbons (Fsp3) is 0.500. The highest BCUT2D eigenvalue weighted by Gasteiger charge is 2.18. The zero-order valence-electron chi connectivity index (χ0n) is 11.2. The Kier molecular flexibility index (Phi) is 6.05. The van der Waals surface area contributed by atoms with Gasteiger partial charge in [0, 0.05) is 5.69 Å². The highest BCUT2D eigenvalue weighted by molar-refractivity contribution is 5.79. The minimum Gasteiger partial charge on any atom is -0.497 e. The normalized spacial score (nSPS) is 11.7. The van der Waals surface area contributed by atoms with Gasteiger partial charge in [0.2, 0.25) is 0 Å². The molecule has 18 heavy (non-hydrogen) atoms. The van der Waals surface area contributed by atoms with E-state index < -0.39 is 0 Å². The lowest BCUT2D eigenvalue weighted by Crippen LogP contribution is -2.31. The van der Waals surface area contributed by atoms with E-state index in [1.54, 1.807) is 7.11 Å². The van der Waals surface area contributed by atoms with Crippen LogP contribution in [0.4, 0.5) is 5.69 Å². The third-order valence-electron chi connectivity index (χ3n) is 2.58. The van der Waals surface area contributed by atoms with E-state index in [1.807, 2.05) is 38.1 Å². The summed E-state index contributed by atoms with van der Waals surface area (Å²) in [5, 5.41) is 3.19. The molecule has 1 aromatic carbocycles. The maximum absolute atomic E-state index is 11.8. The van der Waals surface area contributed by atoms with Crippen molar-refractivity contribution < 1.29 is 14.3 Å². The molecule has 0 bridgehead atoms. The molecule has 1 rings (SSSR count). The van der Waals surface area contributed by atoms with Gasteiger partial charge in [0.05, 0.1) is 13.7 Å². The first kappa shape index (κ1) is 14.4. The summed E-state index contributed by atoms with van der Waals surface area (Å²) in [5.41, 5.74) is 0.891. The van der Waals surface area contributed by atoms with E-state index in [1.165, 1.54) is 0 Å². The molecule has 0 heterocycles. The monoisotopic (exact) mass is 251 g/mol. The zero-order chi connectivity index (χ0) is 13.4. The van der Waals surface area contributed by atoms with Gasteiger partial charge in [-0.15, -0.1) is 0 Å². The Hall–Kier alpha value is -1.71. The maximum Gasteiger partial charge on any atom is 0.328 e. The molecule has 4 nitrogen and oxygen atoms in total. The van der Waals surface area contributed by atoms with Gasteiger partial charge >= 0.3 is 5.97 Å². The van der Waals surface area contributed by atoms with Crippen LogP contribution in [-0.2, 0) is 9.53 Å². The van der Waals surface area contributed by atoms with Crippen molar-refractivity contribution in [2.45, 2.75) is 32.7 Å². The molecule has 0 spiro atoms. The quantitative estimate of drug-likeness (QED) is 0.757. The summed E-state index contributed by atoms with van der Waals surface area (Å²) < 4.78 is 10.1. The van der Waals surface area contributed by atoms with E-state index in [4.69, 9.17) is 9.47 Å². The highest BCUT2D eigenvalue weighted by atomic mass is 16.5. The van der Waals surface area contributed by atoms with Gasteiger partial charge in [0.15, 0.2) is 0 Å². The lowest BCUT2D eigenvalue weighted by atomic mass is 10.1. The van der Waals surface area contributed by atoms with Crippen molar-refractivity contribution in [3.05, 3.63) is 24.3 Å². The number of benzene rings is 1.